The SMILES string of the molecule is CC(C)NC(C)C.CC/C(C)=N\O.CCOC(=O)CC(=O)OCC.Cc1cc(C)[nH]n1.O=C1CCCCCN1.c1nc[nH]n1. The van der Waals surface area contributed by atoms with Crippen LogP contribution in [-0.2, 0) is 23.9 Å². The van der Waals surface area contributed by atoms with Crippen LogP contribution in [0.4, 0.5) is 0 Å². The van der Waals surface area contributed by atoms with E-state index in [1.165, 1.54) is 19.1 Å². The van der Waals surface area contributed by atoms with Gasteiger partial charge in [0.05, 0.1) is 24.6 Å². The van der Waals surface area contributed by atoms with Crippen LogP contribution >= 0.6 is 0 Å². The lowest BCUT2D eigenvalue weighted by Gasteiger charge is -2.10. The molecule has 1 saturated heterocycles. The van der Waals surface area contributed by atoms with E-state index in [0.29, 0.717) is 12.1 Å². The second-order valence-electron chi connectivity index (χ2n) is 9.96. The summed E-state index contributed by atoms with van der Waals surface area (Å²) in [5.41, 5.74) is 2.95. The zero-order chi connectivity index (χ0) is 34.2. The molecule has 0 saturated carbocycles. The summed E-state index contributed by atoms with van der Waals surface area (Å²) < 4.78 is 9.04. The molecule has 0 atom stereocenters. The molecule has 0 aromatic carbocycles. The number of carbonyl (C=O) groups is 3. The van der Waals surface area contributed by atoms with E-state index in [2.05, 4.69) is 78.3 Å². The number of aromatic nitrogens is 5. The van der Waals surface area contributed by atoms with E-state index in [1.807, 2.05) is 26.8 Å². The second-order valence-corrected chi connectivity index (χ2v) is 9.96. The van der Waals surface area contributed by atoms with Crippen molar-refractivity contribution in [3.05, 3.63) is 30.1 Å². The van der Waals surface area contributed by atoms with Crippen molar-refractivity contribution < 1.29 is 29.1 Å². The summed E-state index contributed by atoms with van der Waals surface area (Å²) in [5, 5.41) is 29.7. The van der Waals surface area contributed by atoms with Crippen molar-refractivity contribution in [1.82, 2.24) is 36.0 Å². The monoisotopic (exact) mass is 626 g/mol. The van der Waals surface area contributed by atoms with E-state index in [1.54, 1.807) is 20.8 Å². The molecule has 0 unspecified atom stereocenters. The molecule has 14 heteroatoms. The Bertz CT molecular complexity index is 897. The lowest BCUT2D eigenvalue weighted by Crippen LogP contribution is -2.29. The first kappa shape index (κ1) is 44.6. The molecule has 3 heterocycles. The molecule has 44 heavy (non-hydrogen) atoms. The van der Waals surface area contributed by atoms with Gasteiger partial charge in [0.2, 0.25) is 5.91 Å². The van der Waals surface area contributed by atoms with Crippen LogP contribution in [0.1, 0.15) is 105 Å². The highest BCUT2D eigenvalue weighted by Crippen LogP contribution is 2.02. The zero-order valence-corrected chi connectivity index (χ0v) is 28.5. The summed E-state index contributed by atoms with van der Waals surface area (Å²) in [4.78, 5) is 35.3. The molecular weight excluding hydrogens is 568 g/mol. The third kappa shape index (κ3) is 38.2. The van der Waals surface area contributed by atoms with Gasteiger partial charge in [-0.2, -0.15) is 10.2 Å². The van der Waals surface area contributed by atoms with Crippen molar-refractivity contribution in [2.24, 2.45) is 5.16 Å². The quantitative estimate of drug-likeness (QED) is 0.0948. The first-order valence-electron chi connectivity index (χ1n) is 15.1. The molecule has 254 valence electrons. The van der Waals surface area contributed by atoms with Crippen LogP contribution in [-0.4, -0.2) is 86.0 Å². The van der Waals surface area contributed by atoms with Crippen molar-refractivity contribution in [3.8, 4) is 0 Å². The molecule has 14 nitrogen and oxygen atoms in total. The van der Waals surface area contributed by atoms with Gasteiger partial charge in [-0.3, -0.25) is 24.6 Å². The van der Waals surface area contributed by atoms with E-state index in [-0.39, 0.29) is 25.5 Å². The maximum atomic E-state index is 10.6. The van der Waals surface area contributed by atoms with Crippen molar-refractivity contribution >= 4 is 23.6 Å². The molecule has 5 N–H and O–H groups in total. The molecule has 1 aliphatic heterocycles. The predicted octanol–water partition coefficient (Wildman–Crippen LogP) is 4.65. The summed E-state index contributed by atoms with van der Waals surface area (Å²) >= 11 is 0. The fraction of sp³-hybridized carbons (Fsp3) is 0.700. The molecule has 2 aromatic heterocycles. The molecule has 0 aliphatic carbocycles. The van der Waals surface area contributed by atoms with Crippen molar-refractivity contribution in [1.29, 1.82) is 0 Å². The number of amides is 1. The number of ether oxygens (including phenoxy) is 2. The number of aromatic amines is 2. The number of aryl methyl sites for hydroxylation is 2. The van der Waals surface area contributed by atoms with Gasteiger partial charge in [0.1, 0.15) is 19.1 Å². The highest BCUT2D eigenvalue weighted by Gasteiger charge is 2.09. The zero-order valence-electron chi connectivity index (χ0n) is 28.5. The van der Waals surface area contributed by atoms with Crippen LogP contribution in [0.2, 0.25) is 0 Å². The third-order valence-corrected chi connectivity index (χ3v) is 4.82. The molecule has 3 rings (SSSR count). The number of esters is 2. The maximum Gasteiger partial charge on any atom is 0.317 e. The van der Waals surface area contributed by atoms with Gasteiger partial charge in [-0.25, -0.2) is 4.98 Å². The lowest BCUT2D eigenvalue weighted by atomic mass is 10.2. The smallest absolute Gasteiger partial charge is 0.317 e. The molecule has 1 amide bonds. The summed E-state index contributed by atoms with van der Waals surface area (Å²) in [6, 6.07) is 3.25. The summed E-state index contributed by atoms with van der Waals surface area (Å²) in [5.74, 6) is -0.848. The molecule has 0 spiro atoms. The average molecular weight is 627 g/mol. The number of hydrogen-bond acceptors (Lipinski definition) is 11. The van der Waals surface area contributed by atoms with E-state index in [9.17, 15) is 14.4 Å². The number of H-pyrrole nitrogens is 2. The number of nitrogens with zero attached hydrogens (tertiary/aromatic N) is 4. The number of hydrogen-bond donors (Lipinski definition) is 5. The Hall–Kier alpha value is -3.81. The summed E-state index contributed by atoms with van der Waals surface area (Å²) in [7, 11) is 0. The summed E-state index contributed by atoms with van der Waals surface area (Å²) in [6.45, 7) is 21.1. The standard InChI is InChI=1S/C7H12O4.C6H11NO.C6H15N.C5H8N2.C4H9NO.C2H3N3/c1-3-10-6(8)5-7(9)11-4-2;8-6-4-2-1-3-5-7-6;1-5(2)7-6(3)4;1-4-3-5(2)7-6-4;1-3-4(2)5-6;1-3-2-5-4-1/h3-5H2,1-2H3;1-5H2,(H,7,8);5-7H,1-4H3;3H,1-2H3,(H,6,7);6H,3H2,1-2H3;1-2H,(H,3,4,5)/b;;;;5-4-;. The Morgan fingerprint density at radius 2 is 1.61 bits per heavy atom. The Morgan fingerprint density at radius 1 is 1.02 bits per heavy atom. The molecule has 1 aliphatic rings. The van der Waals surface area contributed by atoms with Gasteiger partial charge >= 0.3 is 11.9 Å². The van der Waals surface area contributed by atoms with E-state index in [0.717, 1.165) is 49.3 Å². The van der Waals surface area contributed by atoms with Crippen LogP contribution in [0.25, 0.3) is 0 Å². The van der Waals surface area contributed by atoms with E-state index >= 15 is 0 Å². The molecule has 0 bridgehead atoms. The van der Waals surface area contributed by atoms with Gasteiger partial charge in [0, 0.05) is 30.7 Å². The third-order valence-electron chi connectivity index (χ3n) is 4.82. The molecule has 2 aromatic rings. The molecule has 1 fully saturated rings. The fourth-order valence-electron chi connectivity index (χ4n) is 2.90. The van der Waals surface area contributed by atoms with E-state index < -0.39 is 11.9 Å². The minimum absolute atomic E-state index is 0.225. The largest absolute Gasteiger partial charge is 0.466 e. The van der Waals surface area contributed by atoms with Gasteiger partial charge < -0.3 is 25.3 Å². The van der Waals surface area contributed by atoms with Crippen LogP contribution in [0.15, 0.2) is 23.9 Å². The maximum absolute atomic E-state index is 10.6. The highest BCUT2D eigenvalue weighted by atomic mass is 16.6. The lowest BCUT2D eigenvalue weighted by molar-refractivity contribution is -0.153. The van der Waals surface area contributed by atoms with Crippen LogP contribution < -0.4 is 10.6 Å². The number of oxime groups is 1. The average Bonchev–Trinajstić information content (AvgIpc) is 3.60. The normalized spacial score (nSPS) is 12.0. The van der Waals surface area contributed by atoms with Gasteiger partial charge in [-0.15, -0.1) is 0 Å². The Balaban J connectivity index is -0.000000466. The first-order valence-corrected chi connectivity index (χ1v) is 15.1. The Labute approximate surface area is 263 Å². The molecular formula is C30H58N8O6. The molecule has 0 radical (unpaired) electrons. The number of carbonyl (C=O) groups excluding carboxylic acids is 3. The summed E-state index contributed by atoms with van der Waals surface area (Å²) in [6.07, 6.45) is 7.68. The topological polar surface area (TPSA) is 197 Å². The van der Waals surface area contributed by atoms with Crippen molar-refractivity contribution in [2.75, 3.05) is 19.8 Å². The minimum atomic E-state index is -0.536. The van der Waals surface area contributed by atoms with Crippen LogP contribution in [0.5, 0.6) is 0 Å². The van der Waals surface area contributed by atoms with Gasteiger partial charge in [0.15, 0.2) is 0 Å². The minimum Gasteiger partial charge on any atom is -0.466 e. The van der Waals surface area contributed by atoms with Crippen molar-refractivity contribution in [2.45, 2.75) is 120 Å². The number of rotatable bonds is 7. The van der Waals surface area contributed by atoms with Crippen LogP contribution in [0, 0.1) is 13.8 Å². The van der Waals surface area contributed by atoms with E-state index in [4.69, 9.17) is 5.21 Å². The highest BCUT2D eigenvalue weighted by molar-refractivity contribution is 5.91. The van der Waals surface area contributed by atoms with Gasteiger partial charge in [-0.1, -0.05) is 46.2 Å². The number of nitrogens with one attached hydrogen (secondary N) is 4. The Kier molecular flexibility index (Phi) is 32.6. The van der Waals surface area contributed by atoms with Crippen LogP contribution in [0.3, 0.4) is 0 Å². The second kappa shape index (κ2) is 32.1. The van der Waals surface area contributed by atoms with Gasteiger partial charge in [0.25, 0.3) is 0 Å². The Morgan fingerprint density at radius 3 is 1.89 bits per heavy atom. The first-order chi connectivity index (χ1) is 20.8. The fourth-order valence-corrected chi connectivity index (χ4v) is 2.90. The van der Waals surface area contributed by atoms with Crippen molar-refractivity contribution in [3.63, 3.8) is 0 Å². The van der Waals surface area contributed by atoms with Gasteiger partial charge in [-0.05, 0) is 59.9 Å². The predicted molar refractivity (Wildman–Crippen MR) is 172 cm³/mol.